The van der Waals surface area contributed by atoms with E-state index in [0.717, 1.165) is 0 Å². The fraction of sp³-hybridized carbons (Fsp3) is 0.400. The largest absolute Gasteiger partial charge is 0.462 e. The molecule has 0 atom stereocenters. The number of ether oxygens (including phenoxy) is 3. The number of furan rings is 1. The summed E-state index contributed by atoms with van der Waals surface area (Å²) >= 11 is 0. The van der Waals surface area contributed by atoms with E-state index in [2.05, 4.69) is 15.0 Å². The van der Waals surface area contributed by atoms with Crippen LogP contribution in [0.15, 0.2) is 21.6 Å². The Morgan fingerprint density at radius 3 is 2.65 bits per heavy atom. The highest BCUT2D eigenvalue weighted by atomic mass is 32.2. The number of nitrogens with two attached hydrogens (primary N) is 1. The van der Waals surface area contributed by atoms with Crippen molar-refractivity contribution in [1.82, 2.24) is 19.3 Å². The monoisotopic (exact) mass is 493 g/mol. The number of hydrogen-bond donors (Lipinski definition) is 2. The molecule has 0 amide bonds. The summed E-state index contributed by atoms with van der Waals surface area (Å²) < 4.78 is 47.6. The molecule has 0 unspecified atom stereocenters. The highest BCUT2D eigenvalue weighted by molar-refractivity contribution is 7.89. The molecule has 0 aromatic carbocycles. The maximum atomic E-state index is 12.7. The molecule has 4 rings (SSSR count). The first-order valence-electron chi connectivity index (χ1n) is 10.4. The molecule has 0 saturated carbocycles. The number of fused-ring (bicyclic) bond motifs is 1. The number of nitrogens with zero attached hydrogens (tertiary/aromatic N) is 3. The van der Waals surface area contributed by atoms with E-state index in [-0.39, 0.29) is 71.0 Å². The summed E-state index contributed by atoms with van der Waals surface area (Å²) in [5.74, 6) is -1.15. The third-order valence-corrected chi connectivity index (χ3v) is 6.97. The standard InChI is InChI=1S/C20H23N5O8S/c1-3-31-20(27)15-11(2)33-18-16(15)17(21)23-14(24-18)10-32-19(26)13-8-12(9-22-13)34(28,29)25-4-6-30-7-5-25/h8-9,22H,3-7,10H2,1-2H3,(H2,21,23,24). The van der Waals surface area contributed by atoms with E-state index >= 15 is 0 Å². The van der Waals surface area contributed by atoms with Crippen LogP contribution in [0.2, 0.25) is 0 Å². The van der Waals surface area contributed by atoms with Crippen LogP contribution in [0.25, 0.3) is 11.1 Å². The van der Waals surface area contributed by atoms with E-state index < -0.39 is 22.0 Å². The van der Waals surface area contributed by atoms with Gasteiger partial charge in [0.25, 0.3) is 0 Å². The van der Waals surface area contributed by atoms with Crippen LogP contribution < -0.4 is 5.73 Å². The number of nitrogens with one attached hydrogen (secondary N) is 1. The van der Waals surface area contributed by atoms with E-state index in [1.54, 1.807) is 13.8 Å². The first-order chi connectivity index (χ1) is 16.2. The average Bonchev–Trinajstić information content (AvgIpc) is 3.43. The Morgan fingerprint density at radius 2 is 1.94 bits per heavy atom. The van der Waals surface area contributed by atoms with Crippen LogP contribution in [0.4, 0.5) is 5.82 Å². The van der Waals surface area contributed by atoms with Gasteiger partial charge in [0, 0.05) is 19.3 Å². The minimum atomic E-state index is -3.76. The molecule has 0 radical (unpaired) electrons. The van der Waals surface area contributed by atoms with Crippen molar-refractivity contribution in [1.29, 1.82) is 0 Å². The van der Waals surface area contributed by atoms with Gasteiger partial charge in [0.2, 0.25) is 15.7 Å². The number of aromatic amines is 1. The van der Waals surface area contributed by atoms with Gasteiger partial charge in [0.05, 0.1) is 25.2 Å². The van der Waals surface area contributed by atoms with Gasteiger partial charge in [0.15, 0.2) is 12.4 Å². The number of carbonyl (C=O) groups excluding carboxylic acids is 2. The fourth-order valence-corrected chi connectivity index (χ4v) is 4.88. The van der Waals surface area contributed by atoms with Crippen molar-refractivity contribution in [3.05, 3.63) is 35.1 Å². The molecule has 1 fully saturated rings. The van der Waals surface area contributed by atoms with Crippen molar-refractivity contribution in [2.45, 2.75) is 25.3 Å². The number of morpholine rings is 1. The van der Waals surface area contributed by atoms with Crippen molar-refractivity contribution in [2.24, 2.45) is 0 Å². The van der Waals surface area contributed by atoms with Gasteiger partial charge in [-0.25, -0.2) is 23.0 Å². The predicted octanol–water partition coefficient (Wildman–Crippen LogP) is 0.996. The summed E-state index contributed by atoms with van der Waals surface area (Å²) in [5.41, 5.74) is 6.13. The normalized spacial score (nSPS) is 14.9. The number of sulfonamides is 1. The lowest BCUT2D eigenvalue weighted by Crippen LogP contribution is -2.40. The summed E-state index contributed by atoms with van der Waals surface area (Å²) in [6.07, 6.45) is 1.23. The van der Waals surface area contributed by atoms with Gasteiger partial charge >= 0.3 is 11.9 Å². The topological polar surface area (TPSA) is 180 Å². The van der Waals surface area contributed by atoms with Crippen LogP contribution in [0.1, 0.15) is 39.4 Å². The number of rotatable bonds is 7. The molecule has 3 aromatic heterocycles. The van der Waals surface area contributed by atoms with Gasteiger partial charge in [-0.3, -0.25) is 0 Å². The average molecular weight is 493 g/mol. The molecule has 3 aromatic rings. The maximum absolute atomic E-state index is 12.7. The predicted molar refractivity (Wildman–Crippen MR) is 116 cm³/mol. The maximum Gasteiger partial charge on any atom is 0.355 e. The van der Waals surface area contributed by atoms with Crippen LogP contribution in [-0.2, 0) is 30.8 Å². The number of anilines is 1. The molecule has 0 aliphatic carbocycles. The Labute approximate surface area is 194 Å². The van der Waals surface area contributed by atoms with E-state index in [9.17, 15) is 18.0 Å². The third-order valence-electron chi connectivity index (χ3n) is 5.10. The van der Waals surface area contributed by atoms with E-state index in [4.69, 9.17) is 24.4 Å². The lowest BCUT2D eigenvalue weighted by molar-refractivity contribution is 0.0455. The quantitative estimate of drug-likeness (QED) is 0.448. The first-order valence-corrected chi connectivity index (χ1v) is 11.8. The second-order valence-electron chi connectivity index (χ2n) is 7.30. The molecule has 0 bridgehead atoms. The summed E-state index contributed by atoms with van der Waals surface area (Å²) in [6, 6.07) is 1.20. The number of hydrogen-bond acceptors (Lipinski definition) is 11. The molecule has 14 heteroatoms. The van der Waals surface area contributed by atoms with Crippen LogP contribution in [-0.4, -0.2) is 72.5 Å². The lowest BCUT2D eigenvalue weighted by Gasteiger charge is -2.25. The number of nitrogen functional groups attached to an aromatic ring is 1. The molecule has 1 aliphatic rings. The highest BCUT2D eigenvalue weighted by Crippen LogP contribution is 2.29. The Kier molecular flexibility index (Phi) is 6.54. The van der Waals surface area contributed by atoms with Crippen LogP contribution in [0.3, 0.4) is 0 Å². The van der Waals surface area contributed by atoms with Gasteiger partial charge in [0.1, 0.15) is 27.7 Å². The van der Waals surface area contributed by atoms with Crippen LogP contribution in [0.5, 0.6) is 0 Å². The fourth-order valence-electron chi connectivity index (χ4n) is 3.48. The molecule has 3 N–H and O–H groups in total. The zero-order chi connectivity index (χ0) is 24.5. The Balaban J connectivity index is 1.48. The van der Waals surface area contributed by atoms with Crippen molar-refractivity contribution in [3.63, 3.8) is 0 Å². The number of H-pyrrole nitrogens is 1. The second-order valence-corrected chi connectivity index (χ2v) is 9.24. The SMILES string of the molecule is CCOC(=O)c1c(C)oc2nc(COC(=O)c3cc(S(=O)(=O)N4CCOCC4)c[nH]3)nc(N)c12. The number of carbonyl (C=O) groups is 2. The summed E-state index contributed by atoms with van der Waals surface area (Å²) in [5, 5.41) is 0.216. The third kappa shape index (κ3) is 4.47. The minimum absolute atomic E-state index is 0.0327. The molecular weight excluding hydrogens is 470 g/mol. The van der Waals surface area contributed by atoms with Crippen LogP contribution >= 0.6 is 0 Å². The Morgan fingerprint density at radius 1 is 1.21 bits per heavy atom. The van der Waals surface area contributed by atoms with E-state index in [1.807, 2.05) is 0 Å². The molecule has 34 heavy (non-hydrogen) atoms. The zero-order valence-electron chi connectivity index (χ0n) is 18.5. The smallest absolute Gasteiger partial charge is 0.355 e. The molecule has 13 nitrogen and oxygen atoms in total. The van der Waals surface area contributed by atoms with Gasteiger partial charge in [-0.1, -0.05) is 0 Å². The summed E-state index contributed by atoms with van der Waals surface area (Å²) in [4.78, 5) is 35.5. The Bertz CT molecular complexity index is 1340. The second kappa shape index (κ2) is 9.40. The summed E-state index contributed by atoms with van der Waals surface area (Å²) in [6.45, 7) is 4.14. The number of aryl methyl sites for hydroxylation is 1. The number of esters is 2. The van der Waals surface area contributed by atoms with E-state index in [0.29, 0.717) is 13.2 Å². The van der Waals surface area contributed by atoms with Crippen molar-refractivity contribution in [3.8, 4) is 0 Å². The van der Waals surface area contributed by atoms with Gasteiger partial charge < -0.3 is 29.3 Å². The van der Waals surface area contributed by atoms with Gasteiger partial charge in [-0.05, 0) is 19.9 Å². The molecule has 1 saturated heterocycles. The minimum Gasteiger partial charge on any atom is -0.462 e. The molecule has 1 aliphatic heterocycles. The van der Waals surface area contributed by atoms with Gasteiger partial charge in [-0.15, -0.1) is 0 Å². The van der Waals surface area contributed by atoms with Gasteiger partial charge in [-0.2, -0.15) is 9.29 Å². The lowest BCUT2D eigenvalue weighted by atomic mass is 10.2. The van der Waals surface area contributed by atoms with Crippen LogP contribution in [0, 0.1) is 6.92 Å². The Hall–Kier alpha value is -3.49. The van der Waals surface area contributed by atoms with Crippen molar-refractivity contribution < 1.29 is 36.6 Å². The first kappa shape index (κ1) is 23.7. The van der Waals surface area contributed by atoms with E-state index in [1.165, 1.54) is 16.6 Å². The molecule has 0 spiro atoms. The molecule has 182 valence electrons. The molecular formula is C20H23N5O8S. The highest BCUT2D eigenvalue weighted by Gasteiger charge is 2.28. The number of aromatic nitrogens is 3. The zero-order valence-corrected chi connectivity index (χ0v) is 19.3. The van der Waals surface area contributed by atoms with Crippen molar-refractivity contribution in [2.75, 3.05) is 38.6 Å². The summed E-state index contributed by atoms with van der Waals surface area (Å²) in [7, 11) is -3.76. The molecule has 4 heterocycles. The van der Waals surface area contributed by atoms with Crippen molar-refractivity contribution >= 4 is 38.9 Å².